The van der Waals surface area contributed by atoms with Crippen LogP contribution < -0.4 is 5.32 Å². The number of aliphatic hydroxyl groups excluding tert-OH is 1. The summed E-state index contributed by atoms with van der Waals surface area (Å²) in [6, 6.07) is 4.63. The molecule has 8 nitrogen and oxygen atoms in total. The first-order chi connectivity index (χ1) is 12.8. The number of hydrogen-bond donors (Lipinski definition) is 3. The third-order valence-corrected chi connectivity index (χ3v) is 5.11. The highest BCUT2D eigenvalue weighted by atomic mass is 19.1. The van der Waals surface area contributed by atoms with E-state index in [2.05, 4.69) is 5.32 Å². The summed E-state index contributed by atoms with van der Waals surface area (Å²) in [7, 11) is 0. The number of rotatable bonds is 7. The van der Waals surface area contributed by atoms with E-state index in [-0.39, 0.29) is 57.4 Å². The molecule has 1 heterocycles. The maximum Gasteiger partial charge on any atom is 0.422 e. The molecule has 148 valence electrons. The summed E-state index contributed by atoms with van der Waals surface area (Å²) in [5.41, 5.74) is 0.0665. The second kappa shape index (κ2) is 8.92. The third-order valence-electron chi connectivity index (χ3n) is 5.11. The van der Waals surface area contributed by atoms with Gasteiger partial charge >= 0.3 is 6.09 Å². The molecule has 3 N–H and O–H groups in total. The molecular formula is C18H24FN3O5. The second-order valence-electron chi connectivity index (χ2n) is 6.63. The monoisotopic (exact) mass is 381 g/mol. The number of aldehydes is 1. The molecule has 27 heavy (non-hydrogen) atoms. The van der Waals surface area contributed by atoms with Gasteiger partial charge in [-0.3, -0.25) is 4.79 Å². The summed E-state index contributed by atoms with van der Waals surface area (Å²) in [4.78, 5) is 34.6. The molecule has 0 aliphatic carbocycles. The number of hydrazine groups is 1. The molecule has 1 aliphatic rings. The normalized spacial score (nSPS) is 16.6. The van der Waals surface area contributed by atoms with Crippen molar-refractivity contribution < 1.29 is 29.0 Å². The van der Waals surface area contributed by atoms with Crippen molar-refractivity contribution >= 4 is 18.3 Å². The van der Waals surface area contributed by atoms with E-state index in [1.165, 1.54) is 11.1 Å². The minimum Gasteiger partial charge on any atom is -0.464 e. The first-order valence-corrected chi connectivity index (χ1v) is 8.67. The first-order valence-electron chi connectivity index (χ1n) is 8.67. The fourth-order valence-electron chi connectivity index (χ4n) is 3.21. The lowest BCUT2D eigenvalue weighted by atomic mass is 9.78. The highest BCUT2D eigenvalue weighted by Crippen LogP contribution is 2.32. The standard InChI is InChI=1S/C18H24FN3O5/c1-13-14(3-2-4-15(13)19)11-20-16(25)18(12-24)5-7-21(8-6-18)22(9-10-23)17(26)27/h2-4,10,24H,5-9,11-12H2,1H3,(H,20,25)(H,26,27). The number of piperidine rings is 1. The number of benzene rings is 1. The van der Waals surface area contributed by atoms with E-state index in [0.717, 1.165) is 5.01 Å². The number of aliphatic hydroxyl groups is 1. The fraction of sp³-hybridized carbons (Fsp3) is 0.500. The maximum atomic E-state index is 13.6. The van der Waals surface area contributed by atoms with Gasteiger partial charge in [-0.25, -0.2) is 19.2 Å². The van der Waals surface area contributed by atoms with Crippen LogP contribution in [-0.2, 0) is 16.1 Å². The van der Waals surface area contributed by atoms with E-state index in [4.69, 9.17) is 0 Å². The Balaban J connectivity index is 2.01. The van der Waals surface area contributed by atoms with Crippen LogP contribution in [0.2, 0.25) is 0 Å². The average molecular weight is 381 g/mol. The van der Waals surface area contributed by atoms with Gasteiger partial charge < -0.3 is 20.3 Å². The molecule has 0 bridgehead atoms. The van der Waals surface area contributed by atoms with Crippen LogP contribution in [0.3, 0.4) is 0 Å². The Bertz CT molecular complexity index is 704. The van der Waals surface area contributed by atoms with Gasteiger partial charge in [0.15, 0.2) is 0 Å². The molecule has 1 aromatic rings. The van der Waals surface area contributed by atoms with Crippen molar-refractivity contribution in [3.8, 4) is 0 Å². The van der Waals surface area contributed by atoms with Gasteiger partial charge in [-0.1, -0.05) is 12.1 Å². The van der Waals surface area contributed by atoms with Gasteiger partial charge in [-0.2, -0.15) is 0 Å². The van der Waals surface area contributed by atoms with E-state index in [9.17, 15) is 29.0 Å². The van der Waals surface area contributed by atoms with Crippen LogP contribution in [0.4, 0.5) is 9.18 Å². The summed E-state index contributed by atoms with van der Waals surface area (Å²) in [6.07, 6.45) is -0.277. The largest absolute Gasteiger partial charge is 0.464 e. The molecule has 9 heteroatoms. The molecule has 0 unspecified atom stereocenters. The van der Waals surface area contributed by atoms with Gasteiger partial charge in [0.1, 0.15) is 12.1 Å². The lowest BCUT2D eigenvalue weighted by molar-refractivity contribution is -0.141. The summed E-state index contributed by atoms with van der Waals surface area (Å²) < 4.78 is 13.6. The number of carbonyl (C=O) groups is 3. The number of hydrogen-bond acceptors (Lipinski definition) is 5. The zero-order valence-corrected chi connectivity index (χ0v) is 15.2. The number of carboxylic acid groups (broad SMARTS) is 1. The summed E-state index contributed by atoms with van der Waals surface area (Å²) in [5.74, 6) is -0.707. The number of nitrogens with one attached hydrogen (secondary N) is 1. The van der Waals surface area contributed by atoms with Crippen molar-refractivity contribution in [1.82, 2.24) is 15.3 Å². The van der Waals surface area contributed by atoms with E-state index in [1.807, 2.05) is 0 Å². The molecule has 0 atom stereocenters. The van der Waals surface area contributed by atoms with Crippen molar-refractivity contribution in [2.24, 2.45) is 5.41 Å². The molecule has 1 saturated heterocycles. The van der Waals surface area contributed by atoms with Gasteiger partial charge in [0, 0.05) is 19.6 Å². The Hall–Kier alpha value is -2.52. The van der Waals surface area contributed by atoms with Crippen LogP contribution in [0.1, 0.15) is 24.0 Å². The number of nitrogens with zero attached hydrogens (tertiary/aromatic N) is 2. The van der Waals surface area contributed by atoms with Crippen LogP contribution in [0, 0.1) is 18.2 Å². The Morgan fingerprint density at radius 1 is 1.37 bits per heavy atom. The molecule has 2 amide bonds. The van der Waals surface area contributed by atoms with E-state index in [0.29, 0.717) is 17.4 Å². The lowest BCUT2D eigenvalue weighted by Gasteiger charge is -2.42. The topological polar surface area (TPSA) is 110 Å². The molecule has 2 rings (SSSR count). The van der Waals surface area contributed by atoms with Crippen molar-refractivity contribution in [2.45, 2.75) is 26.3 Å². The van der Waals surface area contributed by atoms with Gasteiger partial charge in [-0.15, -0.1) is 0 Å². The number of amides is 2. The van der Waals surface area contributed by atoms with Gasteiger partial charge in [-0.05, 0) is 37.0 Å². The fourth-order valence-corrected chi connectivity index (χ4v) is 3.21. The van der Waals surface area contributed by atoms with E-state index in [1.54, 1.807) is 19.1 Å². The van der Waals surface area contributed by atoms with Crippen LogP contribution in [0.5, 0.6) is 0 Å². The smallest absolute Gasteiger partial charge is 0.422 e. The van der Waals surface area contributed by atoms with Crippen molar-refractivity contribution in [3.63, 3.8) is 0 Å². The lowest BCUT2D eigenvalue weighted by Crippen LogP contribution is -2.56. The summed E-state index contributed by atoms with van der Waals surface area (Å²) in [6.45, 7) is 1.53. The van der Waals surface area contributed by atoms with Crippen molar-refractivity contribution in [1.29, 1.82) is 0 Å². The maximum absolute atomic E-state index is 13.6. The molecule has 0 radical (unpaired) electrons. The summed E-state index contributed by atoms with van der Waals surface area (Å²) >= 11 is 0. The predicted octanol–water partition coefficient (Wildman–Crippen LogP) is 0.919. The minimum absolute atomic E-state index is 0.139. The van der Waals surface area contributed by atoms with Gasteiger partial charge in [0.2, 0.25) is 5.91 Å². The van der Waals surface area contributed by atoms with Crippen molar-refractivity contribution in [2.75, 3.05) is 26.2 Å². The van der Waals surface area contributed by atoms with Gasteiger partial charge in [0.05, 0.1) is 18.6 Å². The summed E-state index contributed by atoms with van der Waals surface area (Å²) in [5, 5.41) is 24.1. The van der Waals surface area contributed by atoms with Crippen LogP contribution in [-0.4, -0.2) is 64.8 Å². The molecule has 1 aliphatic heterocycles. The van der Waals surface area contributed by atoms with E-state index >= 15 is 0 Å². The average Bonchev–Trinajstić information content (AvgIpc) is 2.67. The molecule has 1 fully saturated rings. The Labute approximate surface area is 156 Å². The Morgan fingerprint density at radius 3 is 2.59 bits per heavy atom. The van der Waals surface area contributed by atoms with Crippen LogP contribution in [0.25, 0.3) is 0 Å². The van der Waals surface area contributed by atoms with Crippen molar-refractivity contribution in [3.05, 3.63) is 35.1 Å². The predicted molar refractivity (Wildman–Crippen MR) is 94.1 cm³/mol. The SMILES string of the molecule is Cc1c(F)cccc1CNC(=O)C1(CO)CCN(N(CC=O)C(=O)O)CC1. The van der Waals surface area contributed by atoms with Crippen LogP contribution in [0.15, 0.2) is 18.2 Å². The minimum atomic E-state index is -1.25. The Morgan fingerprint density at radius 2 is 2.04 bits per heavy atom. The third kappa shape index (κ3) is 4.61. The quantitative estimate of drug-likeness (QED) is 0.606. The zero-order valence-electron chi connectivity index (χ0n) is 15.2. The highest BCUT2D eigenvalue weighted by Gasteiger charge is 2.42. The highest BCUT2D eigenvalue weighted by molar-refractivity contribution is 5.83. The first kappa shape index (κ1) is 20.8. The van der Waals surface area contributed by atoms with Gasteiger partial charge in [0.25, 0.3) is 0 Å². The molecule has 0 spiro atoms. The number of halogens is 1. The molecular weight excluding hydrogens is 357 g/mol. The molecule has 0 saturated carbocycles. The second-order valence-corrected chi connectivity index (χ2v) is 6.63. The zero-order chi connectivity index (χ0) is 20.0. The van der Waals surface area contributed by atoms with Crippen LogP contribution >= 0.6 is 0 Å². The number of carbonyl (C=O) groups excluding carboxylic acids is 2. The molecule has 0 aromatic heterocycles. The van der Waals surface area contributed by atoms with E-state index < -0.39 is 11.5 Å². The Kier molecular flexibility index (Phi) is 6.86. The molecule has 1 aromatic carbocycles.